The van der Waals surface area contributed by atoms with E-state index in [1.165, 1.54) is 0 Å². The van der Waals surface area contributed by atoms with Gasteiger partial charge in [0, 0.05) is 0 Å². The highest BCUT2D eigenvalue weighted by atomic mass is 19.4. The van der Waals surface area contributed by atoms with Crippen LogP contribution in [0, 0.1) is 11.6 Å². The van der Waals surface area contributed by atoms with Crippen molar-refractivity contribution in [1.29, 1.82) is 0 Å². The Morgan fingerprint density at radius 1 is 1.13 bits per heavy atom. The Kier molecular flexibility index (Phi) is 2.92. The molecule has 0 aliphatic rings. The first-order chi connectivity index (χ1) is 6.82. The van der Waals surface area contributed by atoms with Gasteiger partial charge in [0.2, 0.25) is 5.75 Å². The van der Waals surface area contributed by atoms with Crippen molar-refractivity contribution >= 4 is 5.97 Å². The molecule has 7 heteroatoms. The quantitative estimate of drug-likeness (QED) is 0.417. The van der Waals surface area contributed by atoms with Crippen molar-refractivity contribution < 1.29 is 31.5 Å². The zero-order valence-corrected chi connectivity index (χ0v) is 6.94. The number of carbonyl (C=O) groups is 1. The van der Waals surface area contributed by atoms with Gasteiger partial charge in [-0.1, -0.05) is 6.07 Å². The molecule has 15 heavy (non-hydrogen) atoms. The fourth-order valence-corrected chi connectivity index (χ4v) is 0.731. The van der Waals surface area contributed by atoms with E-state index in [0.29, 0.717) is 12.1 Å². The minimum Gasteiger partial charge on any atom is -0.414 e. The molecule has 0 aliphatic heterocycles. The van der Waals surface area contributed by atoms with Crippen LogP contribution in [-0.2, 0) is 4.79 Å². The second-order valence-corrected chi connectivity index (χ2v) is 2.44. The summed E-state index contributed by atoms with van der Waals surface area (Å²) in [5.74, 6) is -6.80. The Balaban J connectivity index is 2.95. The highest BCUT2D eigenvalue weighted by molar-refractivity contribution is 5.78. The largest absolute Gasteiger partial charge is 0.491 e. The van der Waals surface area contributed by atoms with Crippen LogP contribution >= 0.6 is 0 Å². The van der Waals surface area contributed by atoms with Crippen molar-refractivity contribution in [2.24, 2.45) is 0 Å². The summed E-state index contributed by atoms with van der Waals surface area (Å²) in [5.41, 5.74) is 0. The number of carbonyl (C=O) groups excluding carboxylic acids is 1. The number of rotatable bonds is 1. The third kappa shape index (κ3) is 2.64. The lowest BCUT2D eigenvalue weighted by atomic mass is 10.3. The van der Waals surface area contributed by atoms with Crippen molar-refractivity contribution in [3.63, 3.8) is 0 Å². The molecule has 0 unspecified atom stereocenters. The third-order valence-corrected chi connectivity index (χ3v) is 1.35. The molecule has 0 aliphatic carbocycles. The van der Waals surface area contributed by atoms with Gasteiger partial charge >= 0.3 is 12.1 Å². The standard InChI is InChI=1S/C8H3F5O2/c9-4-2-1-3-5(10)6(4)15-7(14)8(11,12)13/h1-3H. The van der Waals surface area contributed by atoms with E-state index >= 15 is 0 Å². The van der Waals surface area contributed by atoms with Crippen molar-refractivity contribution in [2.75, 3.05) is 0 Å². The van der Waals surface area contributed by atoms with Crippen LogP contribution in [0.2, 0.25) is 0 Å². The molecule has 1 aromatic carbocycles. The number of para-hydroxylation sites is 1. The summed E-state index contributed by atoms with van der Waals surface area (Å²) in [5, 5.41) is 0. The molecule has 0 spiro atoms. The zero-order chi connectivity index (χ0) is 11.6. The predicted octanol–water partition coefficient (Wildman–Crippen LogP) is 2.43. The molecule has 0 aromatic heterocycles. The summed E-state index contributed by atoms with van der Waals surface area (Å²) in [7, 11) is 0. The molecule has 0 fully saturated rings. The average Bonchev–Trinajstić information content (AvgIpc) is 2.09. The van der Waals surface area contributed by atoms with Crippen LogP contribution in [0.3, 0.4) is 0 Å². The number of hydrogen-bond acceptors (Lipinski definition) is 2. The van der Waals surface area contributed by atoms with Gasteiger partial charge in [0.25, 0.3) is 0 Å². The maximum atomic E-state index is 12.7. The van der Waals surface area contributed by atoms with E-state index in [1.54, 1.807) is 0 Å². The van der Waals surface area contributed by atoms with Crippen molar-refractivity contribution in [3.05, 3.63) is 29.8 Å². The zero-order valence-electron chi connectivity index (χ0n) is 6.94. The molecule has 0 radical (unpaired) electrons. The smallest absolute Gasteiger partial charge is 0.414 e. The fraction of sp³-hybridized carbons (Fsp3) is 0.125. The molecule has 0 amide bonds. The van der Waals surface area contributed by atoms with E-state index in [-0.39, 0.29) is 0 Å². The minimum atomic E-state index is -5.30. The topological polar surface area (TPSA) is 26.3 Å². The highest BCUT2D eigenvalue weighted by Crippen LogP contribution is 2.24. The van der Waals surface area contributed by atoms with Gasteiger partial charge in [0.15, 0.2) is 11.6 Å². The summed E-state index contributed by atoms with van der Waals surface area (Å²) >= 11 is 0. The van der Waals surface area contributed by atoms with Gasteiger partial charge < -0.3 is 4.74 Å². The normalized spacial score (nSPS) is 11.3. The van der Waals surface area contributed by atoms with Crippen molar-refractivity contribution in [1.82, 2.24) is 0 Å². The molecular weight excluding hydrogens is 223 g/mol. The lowest BCUT2D eigenvalue weighted by molar-refractivity contribution is -0.190. The first-order valence-electron chi connectivity index (χ1n) is 3.55. The first-order valence-corrected chi connectivity index (χ1v) is 3.55. The molecule has 0 atom stereocenters. The SMILES string of the molecule is O=C(Oc1c(F)cccc1F)C(F)(F)F. The van der Waals surface area contributed by atoms with Gasteiger partial charge in [-0.3, -0.25) is 0 Å². The van der Waals surface area contributed by atoms with Gasteiger partial charge in [0.1, 0.15) is 0 Å². The second-order valence-electron chi connectivity index (χ2n) is 2.44. The van der Waals surface area contributed by atoms with Crippen LogP contribution in [0.5, 0.6) is 5.75 Å². The van der Waals surface area contributed by atoms with E-state index in [4.69, 9.17) is 0 Å². The molecular formula is C8H3F5O2. The summed E-state index contributed by atoms with van der Waals surface area (Å²) < 4.78 is 64.0. The molecule has 0 heterocycles. The monoisotopic (exact) mass is 226 g/mol. The van der Waals surface area contributed by atoms with E-state index < -0.39 is 29.5 Å². The van der Waals surface area contributed by atoms with Crippen molar-refractivity contribution in [2.45, 2.75) is 6.18 Å². The Morgan fingerprint density at radius 2 is 1.60 bits per heavy atom. The van der Waals surface area contributed by atoms with Crippen LogP contribution in [0.25, 0.3) is 0 Å². The molecule has 0 N–H and O–H groups in total. The maximum Gasteiger partial charge on any atom is 0.491 e. The molecule has 0 saturated heterocycles. The second kappa shape index (κ2) is 3.84. The lowest BCUT2D eigenvalue weighted by Crippen LogP contribution is -2.28. The summed E-state index contributed by atoms with van der Waals surface area (Å²) in [6.45, 7) is 0. The van der Waals surface area contributed by atoms with Crippen LogP contribution in [0.4, 0.5) is 22.0 Å². The Bertz CT molecular complexity index is 365. The van der Waals surface area contributed by atoms with Crippen LogP contribution in [-0.4, -0.2) is 12.1 Å². The van der Waals surface area contributed by atoms with Gasteiger partial charge in [-0.25, -0.2) is 13.6 Å². The Labute approximate surface area is 80.3 Å². The molecule has 1 rings (SSSR count). The molecule has 0 bridgehead atoms. The summed E-state index contributed by atoms with van der Waals surface area (Å²) in [6.07, 6.45) is -5.30. The third-order valence-electron chi connectivity index (χ3n) is 1.35. The number of esters is 1. The van der Waals surface area contributed by atoms with Gasteiger partial charge in [-0.05, 0) is 12.1 Å². The number of hydrogen-bond donors (Lipinski definition) is 0. The first kappa shape index (κ1) is 11.4. The Hall–Kier alpha value is -1.66. The van der Waals surface area contributed by atoms with E-state index in [2.05, 4.69) is 4.74 Å². The molecule has 2 nitrogen and oxygen atoms in total. The molecule has 0 saturated carbocycles. The van der Waals surface area contributed by atoms with Gasteiger partial charge in [0.05, 0.1) is 0 Å². The van der Waals surface area contributed by atoms with Crippen LogP contribution < -0.4 is 4.74 Å². The van der Waals surface area contributed by atoms with Crippen molar-refractivity contribution in [3.8, 4) is 5.75 Å². The number of benzene rings is 1. The van der Waals surface area contributed by atoms with E-state index in [1.807, 2.05) is 0 Å². The number of halogens is 5. The van der Waals surface area contributed by atoms with E-state index in [0.717, 1.165) is 6.07 Å². The fourth-order valence-electron chi connectivity index (χ4n) is 0.731. The van der Waals surface area contributed by atoms with Crippen LogP contribution in [0.1, 0.15) is 0 Å². The average molecular weight is 226 g/mol. The Morgan fingerprint density at radius 3 is 2.00 bits per heavy atom. The number of ether oxygens (including phenoxy) is 1. The highest BCUT2D eigenvalue weighted by Gasteiger charge is 2.42. The summed E-state index contributed by atoms with van der Waals surface area (Å²) in [4.78, 5) is 10.3. The lowest BCUT2D eigenvalue weighted by Gasteiger charge is -2.07. The number of alkyl halides is 3. The predicted molar refractivity (Wildman–Crippen MR) is 38.0 cm³/mol. The minimum absolute atomic E-state index is 0.669. The maximum absolute atomic E-state index is 12.7. The van der Waals surface area contributed by atoms with Gasteiger partial charge in [-0.15, -0.1) is 0 Å². The molecule has 1 aromatic rings. The molecule has 82 valence electrons. The van der Waals surface area contributed by atoms with Gasteiger partial charge in [-0.2, -0.15) is 13.2 Å². The summed E-state index contributed by atoms with van der Waals surface area (Å²) in [6, 6.07) is 2.26. The van der Waals surface area contributed by atoms with E-state index in [9.17, 15) is 26.7 Å². The van der Waals surface area contributed by atoms with Crippen LogP contribution in [0.15, 0.2) is 18.2 Å².